The normalized spacial score (nSPS) is 12.7. The molecule has 0 saturated carbocycles. The van der Waals surface area contributed by atoms with Gasteiger partial charge in [-0.2, -0.15) is 0 Å². The fraction of sp³-hybridized carbons (Fsp3) is 0.588. The maximum absolute atomic E-state index is 12.4. The van der Waals surface area contributed by atoms with Crippen molar-refractivity contribution in [2.24, 2.45) is 0 Å². The molecule has 1 unspecified atom stereocenters. The first-order valence-electron chi connectivity index (χ1n) is 7.70. The molecule has 1 aromatic carbocycles. The Kier molecular flexibility index (Phi) is 8.01. The van der Waals surface area contributed by atoms with Gasteiger partial charge >= 0.3 is 5.97 Å². The highest BCUT2D eigenvalue weighted by atomic mass is 16.5. The molecule has 21 heavy (non-hydrogen) atoms. The lowest BCUT2D eigenvalue weighted by molar-refractivity contribution is -0.149. The third-order valence-corrected chi connectivity index (χ3v) is 3.45. The van der Waals surface area contributed by atoms with Crippen LogP contribution in [0.5, 0.6) is 0 Å². The van der Waals surface area contributed by atoms with Crippen molar-refractivity contribution in [2.75, 3.05) is 40.3 Å². The second-order valence-electron chi connectivity index (χ2n) is 5.35. The Labute approximate surface area is 128 Å². The van der Waals surface area contributed by atoms with Crippen LogP contribution in [-0.4, -0.2) is 56.1 Å². The summed E-state index contributed by atoms with van der Waals surface area (Å²) in [5.74, 6) is -0.157. The van der Waals surface area contributed by atoms with E-state index in [4.69, 9.17) is 4.74 Å². The van der Waals surface area contributed by atoms with Crippen LogP contribution in [0, 0.1) is 0 Å². The summed E-state index contributed by atoms with van der Waals surface area (Å²) < 4.78 is 5.28. The Morgan fingerprint density at radius 3 is 2.33 bits per heavy atom. The molecule has 1 atom stereocenters. The van der Waals surface area contributed by atoms with E-state index in [1.165, 1.54) is 0 Å². The van der Waals surface area contributed by atoms with Gasteiger partial charge in [0.2, 0.25) is 0 Å². The summed E-state index contributed by atoms with van der Waals surface area (Å²) in [6.07, 6.45) is 1.03. The maximum atomic E-state index is 12.4. The number of esters is 1. The van der Waals surface area contributed by atoms with Crippen LogP contribution in [0.3, 0.4) is 0 Å². The molecular weight excluding hydrogens is 264 g/mol. The summed E-state index contributed by atoms with van der Waals surface area (Å²) in [6.45, 7) is 7.07. The Bertz CT molecular complexity index is 407. The monoisotopic (exact) mass is 292 g/mol. The molecule has 118 valence electrons. The highest BCUT2D eigenvalue weighted by molar-refractivity contribution is 5.77. The number of carbonyl (C=O) groups excluding carboxylic acids is 1. The molecule has 0 N–H and O–H groups in total. The van der Waals surface area contributed by atoms with Gasteiger partial charge in [-0.15, -0.1) is 0 Å². The summed E-state index contributed by atoms with van der Waals surface area (Å²) in [7, 11) is 4.13. The van der Waals surface area contributed by atoms with Crippen LogP contribution in [-0.2, 0) is 9.53 Å². The van der Waals surface area contributed by atoms with Crippen molar-refractivity contribution < 1.29 is 9.53 Å². The first kappa shape index (κ1) is 17.7. The Morgan fingerprint density at radius 1 is 1.14 bits per heavy atom. The summed E-state index contributed by atoms with van der Waals surface area (Å²) >= 11 is 0. The van der Waals surface area contributed by atoms with Gasteiger partial charge in [-0.05, 0) is 46.1 Å². The number of likely N-dealkylation sites (N-methyl/N-ethyl adjacent to an activating group) is 1. The van der Waals surface area contributed by atoms with E-state index in [0.717, 1.165) is 31.6 Å². The average Bonchev–Trinajstić information content (AvgIpc) is 2.47. The number of nitrogens with zero attached hydrogens (tertiary/aromatic N) is 2. The van der Waals surface area contributed by atoms with Gasteiger partial charge in [0.1, 0.15) is 6.04 Å². The first-order chi connectivity index (χ1) is 10.1. The molecule has 0 saturated heterocycles. The van der Waals surface area contributed by atoms with Crippen LogP contribution >= 0.6 is 0 Å². The second kappa shape index (κ2) is 9.53. The van der Waals surface area contributed by atoms with Gasteiger partial charge in [0.25, 0.3) is 0 Å². The molecule has 0 aliphatic rings. The zero-order valence-corrected chi connectivity index (χ0v) is 13.7. The molecule has 0 bridgehead atoms. The third kappa shape index (κ3) is 5.86. The van der Waals surface area contributed by atoms with Crippen LogP contribution in [0.2, 0.25) is 0 Å². The van der Waals surface area contributed by atoms with Gasteiger partial charge < -0.3 is 9.64 Å². The molecule has 4 nitrogen and oxygen atoms in total. The minimum atomic E-state index is -0.307. The Balaban J connectivity index is 2.85. The molecule has 0 heterocycles. The van der Waals surface area contributed by atoms with Crippen molar-refractivity contribution in [2.45, 2.75) is 26.3 Å². The SMILES string of the molecule is CCOC(=O)C(c1ccccc1)N(CC)CCCN(C)C. The topological polar surface area (TPSA) is 32.8 Å². The number of benzene rings is 1. The van der Waals surface area contributed by atoms with Gasteiger partial charge in [-0.3, -0.25) is 4.90 Å². The number of rotatable bonds is 9. The molecule has 1 aromatic rings. The highest BCUT2D eigenvalue weighted by Gasteiger charge is 2.27. The fourth-order valence-electron chi connectivity index (χ4n) is 2.41. The predicted molar refractivity (Wildman–Crippen MR) is 86.2 cm³/mol. The van der Waals surface area contributed by atoms with Gasteiger partial charge in [-0.25, -0.2) is 4.79 Å². The number of carbonyl (C=O) groups is 1. The van der Waals surface area contributed by atoms with Crippen LogP contribution < -0.4 is 0 Å². The van der Waals surface area contributed by atoms with Crippen molar-refractivity contribution in [3.05, 3.63) is 35.9 Å². The first-order valence-corrected chi connectivity index (χ1v) is 7.70. The molecule has 0 radical (unpaired) electrons. The van der Waals surface area contributed by atoms with Crippen molar-refractivity contribution in [1.29, 1.82) is 0 Å². The van der Waals surface area contributed by atoms with E-state index in [0.29, 0.717) is 6.61 Å². The summed E-state index contributed by atoms with van der Waals surface area (Å²) in [4.78, 5) is 16.7. The van der Waals surface area contributed by atoms with Crippen LogP contribution in [0.15, 0.2) is 30.3 Å². The lowest BCUT2D eigenvalue weighted by atomic mass is 10.0. The van der Waals surface area contributed by atoms with Gasteiger partial charge in [0.15, 0.2) is 0 Å². The van der Waals surface area contributed by atoms with Crippen molar-refractivity contribution in [3.63, 3.8) is 0 Å². The fourth-order valence-corrected chi connectivity index (χ4v) is 2.41. The second-order valence-corrected chi connectivity index (χ2v) is 5.35. The van der Waals surface area contributed by atoms with Crippen molar-refractivity contribution in [1.82, 2.24) is 9.80 Å². The van der Waals surface area contributed by atoms with E-state index in [1.54, 1.807) is 0 Å². The molecule has 0 aromatic heterocycles. The quantitative estimate of drug-likeness (QED) is 0.655. The van der Waals surface area contributed by atoms with Crippen molar-refractivity contribution in [3.8, 4) is 0 Å². The molecule has 4 heteroatoms. The lowest BCUT2D eigenvalue weighted by Gasteiger charge is -2.29. The average molecular weight is 292 g/mol. The Hall–Kier alpha value is -1.39. The highest BCUT2D eigenvalue weighted by Crippen LogP contribution is 2.22. The molecule has 1 rings (SSSR count). The van der Waals surface area contributed by atoms with E-state index >= 15 is 0 Å². The summed E-state index contributed by atoms with van der Waals surface area (Å²) in [5, 5.41) is 0. The van der Waals surface area contributed by atoms with Gasteiger partial charge in [0.05, 0.1) is 6.61 Å². The standard InChI is InChI=1S/C17H28N2O2/c1-5-19(14-10-13-18(3)4)16(17(20)21-6-2)15-11-8-7-9-12-15/h7-9,11-12,16H,5-6,10,13-14H2,1-4H3. The van der Waals surface area contributed by atoms with E-state index in [-0.39, 0.29) is 12.0 Å². The van der Waals surface area contributed by atoms with Crippen molar-refractivity contribution >= 4 is 5.97 Å². The molecule has 0 aliphatic heterocycles. The minimum absolute atomic E-state index is 0.157. The molecule has 0 fully saturated rings. The van der Waals surface area contributed by atoms with E-state index in [1.807, 2.05) is 37.3 Å². The third-order valence-electron chi connectivity index (χ3n) is 3.45. The lowest BCUT2D eigenvalue weighted by Crippen LogP contribution is -2.36. The number of hydrogen-bond donors (Lipinski definition) is 0. The van der Waals surface area contributed by atoms with E-state index < -0.39 is 0 Å². The maximum Gasteiger partial charge on any atom is 0.327 e. The molecule has 0 aliphatic carbocycles. The van der Waals surface area contributed by atoms with Gasteiger partial charge in [-0.1, -0.05) is 37.3 Å². The molecule has 0 amide bonds. The zero-order valence-electron chi connectivity index (χ0n) is 13.7. The van der Waals surface area contributed by atoms with E-state index in [9.17, 15) is 4.79 Å². The van der Waals surface area contributed by atoms with Crippen LogP contribution in [0.25, 0.3) is 0 Å². The number of ether oxygens (including phenoxy) is 1. The molecular formula is C17H28N2O2. The number of hydrogen-bond acceptors (Lipinski definition) is 4. The van der Waals surface area contributed by atoms with Gasteiger partial charge in [0, 0.05) is 6.54 Å². The molecule has 0 spiro atoms. The summed E-state index contributed by atoms with van der Waals surface area (Å²) in [6, 6.07) is 9.59. The zero-order chi connectivity index (χ0) is 15.7. The van der Waals surface area contributed by atoms with E-state index in [2.05, 4.69) is 30.8 Å². The predicted octanol–water partition coefficient (Wildman–Crippen LogP) is 2.56. The minimum Gasteiger partial charge on any atom is -0.465 e. The summed E-state index contributed by atoms with van der Waals surface area (Å²) in [5.41, 5.74) is 1.00. The van der Waals surface area contributed by atoms with Crippen LogP contribution in [0.4, 0.5) is 0 Å². The Morgan fingerprint density at radius 2 is 1.81 bits per heavy atom. The van der Waals surface area contributed by atoms with Crippen LogP contribution in [0.1, 0.15) is 31.9 Å². The largest absolute Gasteiger partial charge is 0.465 e. The smallest absolute Gasteiger partial charge is 0.327 e.